The average Bonchev–Trinajstić information content (AvgIpc) is 3.49. The summed E-state index contributed by atoms with van der Waals surface area (Å²) in [5.41, 5.74) is -0.739. The Morgan fingerprint density at radius 3 is 2.81 bits per heavy atom. The van der Waals surface area contributed by atoms with Gasteiger partial charge in [0.05, 0.1) is 17.6 Å². The van der Waals surface area contributed by atoms with Gasteiger partial charge in [-0.05, 0) is 18.2 Å². The Labute approximate surface area is 175 Å². The first kappa shape index (κ1) is 20.2. The van der Waals surface area contributed by atoms with Gasteiger partial charge < -0.3 is 18.7 Å². The molecule has 4 heterocycles. The number of aromatic nitrogens is 3. The van der Waals surface area contributed by atoms with Crippen LogP contribution in [0.5, 0.6) is 0 Å². The van der Waals surface area contributed by atoms with Crippen molar-refractivity contribution in [3.05, 3.63) is 71.2 Å². The summed E-state index contributed by atoms with van der Waals surface area (Å²) < 4.78 is 77.5. The molecule has 0 radical (unpaired) electrons. The van der Waals surface area contributed by atoms with Gasteiger partial charge in [-0.15, -0.1) is 0 Å². The highest BCUT2D eigenvalue weighted by atomic mass is 19.4. The zero-order chi connectivity index (χ0) is 22.6. The fraction of sp³-hybridized carbons (Fsp3) is 0.250. The summed E-state index contributed by atoms with van der Waals surface area (Å²) in [6, 6.07) is 3.66. The lowest BCUT2D eigenvalue weighted by Crippen LogP contribution is -2.40. The van der Waals surface area contributed by atoms with Crippen LogP contribution >= 0.6 is 0 Å². The van der Waals surface area contributed by atoms with Gasteiger partial charge in [0.2, 0.25) is 5.76 Å². The molecule has 1 aliphatic heterocycles. The van der Waals surface area contributed by atoms with E-state index in [1.807, 2.05) is 0 Å². The van der Waals surface area contributed by atoms with E-state index in [9.17, 15) is 26.7 Å². The van der Waals surface area contributed by atoms with Crippen molar-refractivity contribution < 1.29 is 35.6 Å². The Morgan fingerprint density at radius 2 is 2.06 bits per heavy atom. The molecule has 7 nitrogen and oxygen atoms in total. The number of carbonyl (C=O) groups is 1. The zero-order valence-electron chi connectivity index (χ0n) is 16.0. The molecule has 0 bridgehead atoms. The molecule has 1 N–H and O–H groups in total. The van der Waals surface area contributed by atoms with Crippen molar-refractivity contribution in [3.63, 3.8) is 0 Å². The number of alkyl halides is 5. The minimum absolute atomic E-state index is 0.0104. The fourth-order valence-corrected chi connectivity index (χ4v) is 3.95. The number of hydrogen-bond acceptors (Lipinski definition) is 5. The molecule has 1 aliphatic rings. The normalized spacial score (nSPS) is 16.7. The standard InChI is InChI=1S/C20H13F5N4O3/c21-18(22)15-17(31-8-28-15)19(30)29-5-4-11-14(27-7-26-11)16(29)13-6-9-10(20(23,24)25)2-1-3-12(9)32-13/h1-3,6-8,16,18H,4-5H2,(H,26,27)/t16-/m1/s1. The molecule has 1 aromatic carbocycles. The van der Waals surface area contributed by atoms with Gasteiger partial charge >= 0.3 is 6.18 Å². The van der Waals surface area contributed by atoms with Crippen molar-refractivity contribution >= 4 is 16.9 Å². The fourth-order valence-electron chi connectivity index (χ4n) is 3.95. The van der Waals surface area contributed by atoms with Crippen molar-refractivity contribution in [2.24, 2.45) is 0 Å². The van der Waals surface area contributed by atoms with Crippen LogP contribution in [0.25, 0.3) is 11.0 Å². The average molecular weight is 452 g/mol. The molecular formula is C20H13F5N4O3. The van der Waals surface area contributed by atoms with Gasteiger partial charge in [-0.3, -0.25) is 4.79 Å². The second-order valence-electron chi connectivity index (χ2n) is 7.15. The molecule has 0 saturated heterocycles. The summed E-state index contributed by atoms with van der Waals surface area (Å²) in [4.78, 5) is 24.9. The SMILES string of the molecule is O=C(c1ocnc1C(F)F)N1CCc2[nH]cnc2[C@H]1c1cc2c(C(F)(F)F)cccc2o1. The van der Waals surface area contributed by atoms with Crippen LogP contribution in [0.2, 0.25) is 0 Å². The quantitative estimate of drug-likeness (QED) is 0.448. The molecule has 0 spiro atoms. The minimum Gasteiger partial charge on any atom is -0.458 e. The number of benzene rings is 1. The van der Waals surface area contributed by atoms with E-state index in [-0.39, 0.29) is 23.3 Å². The molecule has 0 aliphatic carbocycles. The number of carbonyl (C=O) groups excluding carboxylic acids is 1. The molecule has 3 aromatic heterocycles. The number of aromatic amines is 1. The molecule has 5 rings (SSSR count). The Hall–Kier alpha value is -3.70. The van der Waals surface area contributed by atoms with E-state index >= 15 is 0 Å². The lowest BCUT2D eigenvalue weighted by atomic mass is 9.99. The van der Waals surface area contributed by atoms with Crippen molar-refractivity contribution in [2.45, 2.75) is 25.1 Å². The number of amides is 1. The van der Waals surface area contributed by atoms with E-state index in [1.54, 1.807) is 0 Å². The third kappa shape index (κ3) is 3.13. The molecule has 0 unspecified atom stereocenters. The Morgan fingerprint density at radius 1 is 1.25 bits per heavy atom. The maximum Gasteiger partial charge on any atom is 0.417 e. The number of furan rings is 1. The maximum atomic E-state index is 13.5. The van der Waals surface area contributed by atoms with E-state index in [0.717, 1.165) is 12.5 Å². The summed E-state index contributed by atoms with van der Waals surface area (Å²) in [5.74, 6) is -1.53. The maximum absolute atomic E-state index is 13.5. The first-order valence-electron chi connectivity index (χ1n) is 9.40. The first-order valence-corrected chi connectivity index (χ1v) is 9.40. The second-order valence-corrected chi connectivity index (χ2v) is 7.15. The lowest BCUT2D eigenvalue weighted by molar-refractivity contribution is -0.136. The van der Waals surface area contributed by atoms with Gasteiger partial charge in [-0.25, -0.2) is 18.7 Å². The lowest BCUT2D eigenvalue weighted by Gasteiger charge is -2.33. The smallest absolute Gasteiger partial charge is 0.417 e. The van der Waals surface area contributed by atoms with Gasteiger partial charge in [-0.1, -0.05) is 6.07 Å². The van der Waals surface area contributed by atoms with Crippen LogP contribution in [0.4, 0.5) is 22.0 Å². The van der Waals surface area contributed by atoms with Crippen LogP contribution in [-0.2, 0) is 12.6 Å². The summed E-state index contributed by atoms with van der Waals surface area (Å²) >= 11 is 0. The number of nitrogens with zero attached hydrogens (tertiary/aromatic N) is 3. The van der Waals surface area contributed by atoms with Gasteiger partial charge in [0.25, 0.3) is 12.3 Å². The van der Waals surface area contributed by atoms with Crippen LogP contribution in [0.3, 0.4) is 0 Å². The molecule has 1 atom stereocenters. The molecule has 1 amide bonds. The first-order chi connectivity index (χ1) is 15.3. The van der Waals surface area contributed by atoms with E-state index in [4.69, 9.17) is 8.83 Å². The highest BCUT2D eigenvalue weighted by Crippen LogP contribution is 2.41. The van der Waals surface area contributed by atoms with Crippen molar-refractivity contribution in [3.8, 4) is 0 Å². The predicted molar refractivity (Wildman–Crippen MR) is 97.8 cm³/mol. The van der Waals surface area contributed by atoms with Gasteiger partial charge in [0.1, 0.15) is 17.4 Å². The van der Waals surface area contributed by atoms with Crippen LogP contribution in [0.1, 0.15) is 51.4 Å². The van der Waals surface area contributed by atoms with Gasteiger partial charge in [-0.2, -0.15) is 13.2 Å². The summed E-state index contributed by atoms with van der Waals surface area (Å²) in [6.45, 7) is 0.0608. The molecule has 12 heteroatoms. The van der Waals surface area contributed by atoms with E-state index in [2.05, 4.69) is 15.0 Å². The van der Waals surface area contributed by atoms with Gasteiger partial charge in [0, 0.05) is 24.0 Å². The molecule has 32 heavy (non-hydrogen) atoms. The number of hydrogen-bond donors (Lipinski definition) is 1. The molecule has 4 aromatic rings. The second kappa shape index (κ2) is 7.18. The van der Waals surface area contributed by atoms with E-state index in [1.165, 1.54) is 29.4 Å². The van der Waals surface area contributed by atoms with Crippen LogP contribution in [0.15, 0.2) is 45.8 Å². The third-order valence-corrected chi connectivity index (χ3v) is 5.34. The van der Waals surface area contributed by atoms with E-state index in [0.29, 0.717) is 17.8 Å². The number of H-pyrrole nitrogens is 1. The summed E-state index contributed by atoms with van der Waals surface area (Å²) in [7, 11) is 0. The molecule has 166 valence electrons. The third-order valence-electron chi connectivity index (χ3n) is 5.34. The largest absolute Gasteiger partial charge is 0.458 e. The number of oxazole rings is 1. The summed E-state index contributed by atoms with van der Waals surface area (Å²) in [6.07, 6.45) is -5.22. The van der Waals surface area contributed by atoms with Crippen LogP contribution < -0.4 is 0 Å². The zero-order valence-corrected chi connectivity index (χ0v) is 16.0. The van der Waals surface area contributed by atoms with Crippen LogP contribution in [0, 0.1) is 0 Å². The predicted octanol–water partition coefficient (Wildman–Crippen LogP) is 4.89. The van der Waals surface area contributed by atoms with Crippen molar-refractivity contribution in [1.82, 2.24) is 19.9 Å². The number of fused-ring (bicyclic) bond motifs is 2. The topological polar surface area (TPSA) is 88.2 Å². The number of halogens is 5. The number of rotatable bonds is 3. The highest BCUT2D eigenvalue weighted by Gasteiger charge is 2.40. The Balaban J connectivity index is 1.64. The van der Waals surface area contributed by atoms with E-state index < -0.39 is 41.6 Å². The molecular weight excluding hydrogens is 439 g/mol. The number of imidazole rings is 1. The van der Waals surface area contributed by atoms with Crippen molar-refractivity contribution in [1.29, 1.82) is 0 Å². The minimum atomic E-state index is -4.62. The number of nitrogens with one attached hydrogen (secondary N) is 1. The monoisotopic (exact) mass is 452 g/mol. The Bertz CT molecular complexity index is 1310. The molecule has 0 fully saturated rings. The van der Waals surface area contributed by atoms with Crippen molar-refractivity contribution in [2.75, 3.05) is 6.54 Å². The molecule has 0 saturated carbocycles. The summed E-state index contributed by atoms with van der Waals surface area (Å²) in [5, 5.41) is -0.182. The van der Waals surface area contributed by atoms with Crippen LogP contribution in [-0.4, -0.2) is 32.3 Å². The Kier molecular flexibility index (Phi) is 4.53. The highest BCUT2D eigenvalue weighted by molar-refractivity contribution is 5.93. The van der Waals surface area contributed by atoms with Gasteiger partial charge in [0.15, 0.2) is 12.1 Å².